The lowest BCUT2D eigenvalue weighted by molar-refractivity contribution is 0.101. The third-order valence-electron chi connectivity index (χ3n) is 4.17. The SMILES string of the molecule is CC(=O)c1ccc(NC(=S)N[C@H](C)c2ccc(C(C)(C)C)cc2)cc1. The molecule has 25 heavy (non-hydrogen) atoms. The van der Waals surface area contributed by atoms with E-state index in [1.165, 1.54) is 11.1 Å². The fourth-order valence-corrected chi connectivity index (χ4v) is 2.80. The molecule has 0 fully saturated rings. The number of Topliss-reactive ketones (excluding diaryl/α,β-unsaturated/α-hetero) is 1. The molecule has 0 aliphatic rings. The lowest BCUT2D eigenvalue weighted by Crippen LogP contribution is -2.30. The second-order valence-corrected chi connectivity index (χ2v) is 7.73. The monoisotopic (exact) mass is 354 g/mol. The topological polar surface area (TPSA) is 41.1 Å². The van der Waals surface area contributed by atoms with Crippen LogP contribution in [0.4, 0.5) is 5.69 Å². The van der Waals surface area contributed by atoms with Gasteiger partial charge in [0.25, 0.3) is 0 Å². The first-order chi connectivity index (χ1) is 11.7. The largest absolute Gasteiger partial charge is 0.356 e. The third-order valence-corrected chi connectivity index (χ3v) is 4.39. The van der Waals surface area contributed by atoms with E-state index in [-0.39, 0.29) is 17.2 Å². The van der Waals surface area contributed by atoms with E-state index in [0.717, 1.165) is 5.69 Å². The minimum absolute atomic E-state index is 0.0552. The van der Waals surface area contributed by atoms with Crippen LogP contribution >= 0.6 is 12.2 Å². The molecule has 0 aliphatic carbocycles. The van der Waals surface area contributed by atoms with Crippen LogP contribution in [0.2, 0.25) is 0 Å². The van der Waals surface area contributed by atoms with Crippen LogP contribution in [0.3, 0.4) is 0 Å². The smallest absolute Gasteiger partial charge is 0.171 e. The van der Waals surface area contributed by atoms with Crippen LogP contribution in [-0.4, -0.2) is 10.9 Å². The van der Waals surface area contributed by atoms with Crippen molar-refractivity contribution in [1.29, 1.82) is 0 Å². The summed E-state index contributed by atoms with van der Waals surface area (Å²) < 4.78 is 0. The average Bonchev–Trinajstić information content (AvgIpc) is 2.54. The van der Waals surface area contributed by atoms with Gasteiger partial charge in [-0.1, -0.05) is 45.0 Å². The van der Waals surface area contributed by atoms with Gasteiger partial charge < -0.3 is 10.6 Å². The van der Waals surface area contributed by atoms with Gasteiger partial charge in [0, 0.05) is 11.3 Å². The van der Waals surface area contributed by atoms with Crippen molar-refractivity contribution in [2.24, 2.45) is 0 Å². The van der Waals surface area contributed by atoms with Crippen molar-refractivity contribution in [1.82, 2.24) is 5.32 Å². The fourth-order valence-electron chi connectivity index (χ4n) is 2.51. The van der Waals surface area contributed by atoms with Crippen molar-refractivity contribution in [3.05, 3.63) is 65.2 Å². The second-order valence-electron chi connectivity index (χ2n) is 7.33. The molecule has 0 aliphatic heterocycles. The van der Waals surface area contributed by atoms with Gasteiger partial charge in [-0.2, -0.15) is 0 Å². The number of rotatable bonds is 4. The summed E-state index contributed by atoms with van der Waals surface area (Å²) in [5.41, 5.74) is 4.20. The van der Waals surface area contributed by atoms with Crippen LogP contribution in [-0.2, 0) is 5.41 Å². The van der Waals surface area contributed by atoms with Crippen molar-refractivity contribution in [3.63, 3.8) is 0 Å². The van der Waals surface area contributed by atoms with Gasteiger partial charge in [0.1, 0.15) is 0 Å². The maximum absolute atomic E-state index is 11.3. The predicted octanol–water partition coefficient (Wildman–Crippen LogP) is 5.23. The molecule has 0 amide bonds. The van der Waals surface area contributed by atoms with E-state index >= 15 is 0 Å². The van der Waals surface area contributed by atoms with Crippen LogP contribution in [0.1, 0.15) is 62.1 Å². The van der Waals surface area contributed by atoms with Gasteiger partial charge in [-0.3, -0.25) is 4.79 Å². The quantitative estimate of drug-likeness (QED) is 0.582. The maximum atomic E-state index is 11.3. The molecule has 0 heterocycles. The predicted molar refractivity (Wildman–Crippen MR) is 109 cm³/mol. The summed E-state index contributed by atoms with van der Waals surface area (Å²) in [6.07, 6.45) is 0. The first kappa shape index (κ1) is 19.1. The van der Waals surface area contributed by atoms with Crippen LogP contribution in [0.15, 0.2) is 48.5 Å². The standard InChI is InChI=1S/C21H26N2OS/c1-14(16-6-10-18(11-7-16)21(3,4)5)22-20(25)23-19-12-8-17(9-13-19)15(2)24/h6-14H,1-5H3,(H2,22,23,25)/t14-/m1/s1. The molecular weight excluding hydrogens is 328 g/mol. The first-order valence-corrected chi connectivity index (χ1v) is 8.86. The van der Waals surface area contributed by atoms with Crippen LogP contribution in [0.5, 0.6) is 0 Å². The Morgan fingerprint density at radius 1 is 1.00 bits per heavy atom. The highest BCUT2D eigenvalue weighted by Crippen LogP contribution is 2.24. The zero-order valence-electron chi connectivity index (χ0n) is 15.5. The van der Waals surface area contributed by atoms with E-state index in [1.54, 1.807) is 19.1 Å². The summed E-state index contributed by atoms with van der Waals surface area (Å²) in [5, 5.41) is 7.01. The minimum atomic E-state index is 0.0552. The molecule has 0 bridgehead atoms. The second kappa shape index (κ2) is 7.79. The molecule has 0 saturated carbocycles. The summed E-state index contributed by atoms with van der Waals surface area (Å²) in [6, 6.07) is 16.0. The minimum Gasteiger partial charge on any atom is -0.356 e. The normalized spacial score (nSPS) is 12.4. The Labute approximate surface area is 155 Å². The molecule has 2 aromatic carbocycles. The molecule has 132 valence electrons. The highest BCUT2D eigenvalue weighted by Gasteiger charge is 2.14. The lowest BCUT2D eigenvalue weighted by Gasteiger charge is -2.21. The van der Waals surface area contributed by atoms with Crippen molar-refractivity contribution >= 4 is 28.8 Å². The number of carbonyl (C=O) groups is 1. The Hall–Kier alpha value is -2.20. The molecule has 4 heteroatoms. The average molecular weight is 355 g/mol. The molecule has 2 N–H and O–H groups in total. The van der Waals surface area contributed by atoms with Crippen molar-refractivity contribution in [3.8, 4) is 0 Å². The van der Waals surface area contributed by atoms with Gasteiger partial charge in [-0.05, 0) is 66.9 Å². The fraction of sp³-hybridized carbons (Fsp3) is 0.333. The number of anilines is 1. The summed E-state index contributed by atoms with van der Waals surface area (Å²) in [4.78, 5) is 11.3. The molecule has 0 spiro atoms. The highest BCUT2D eigenvalue weighted by molar-refractivity contribution is 7.80. The van der Waals surface area contributed by atoms with E-state index in [2.05, 4.69) is 62.6 Å². The number of hydrogen-bond donors (Lipinski definition) is 2. The van der Waals surface area contributed by atoms with Crippen molar-refractivity contribution in [2.75, 3.05) is 5.32 Å². The molecule has 2 aromatic rings. The number of hydrogen-bond acceptors (Lipinski definition) is 2. The molecular formula is C21H26N2OS. The zero-order chi connectivity index (χ0) is 18.6. The summed E-state index contributed by atoms with van der Waals surface area (Å²) in [5.74, 6) is 0.0552. The number of benzene rings is 2. The van der Waals surface area contributed by atoms with Crippen LogP contribution in [0.25, 0.3) is 0 Å². The molecule has 0 saturated heterocycles. The summed E-state index contributed by atoms with van der Waals surface area (Å²) in [6.45, 7) is 10.3. The Bertz CT molecular complexity index is 743. The maximum Gasteiger partial charge on any atom is 0.171 e. The molecule has 0 aromatic heterocycles. The number of ketones is 1. The Morgan fingerprint density at radius 3 is 2.04 bits per heavy atom. The number of carbonyl (C=O) groups excluding carboxylic acids is 1. The van der Waals surface area contributed by atoms with Crippen molar-refractivity contribution < 1.29 is 4.79 Å². The van der Waals surface area contributed by atoms with Crippen LogP contribution in [0, 0.1) is 0 Å². The number of nitrogens with one attached hydrogen (secondary N) is 2. The first-order valence-electron chi connectivity index (χ1n) is 8.46. The van der Waals surface area contributed by atoms with E-state index in [9.17, 15) is 4.79 Å². The van der Waals surface area contributed by atoms with Gasteiger partial charge in [-0.15, -0.1) is 0 Å². The molecule has 0 radical (unpaired) electrons. The van der Waals surface area contributed by atoms with E-state index < -0.39 is 0 Å². The summed E-state index contributed by atoms with van der Waals surface area (Å²) in [7, 11) is 0. The zero-order valence-corrected chi connectivity index (χ0v) is 16.3. The van der Waals surface area contributed by atoms with Gasteiger partial charge in [0.05, 0.1) is 6.04 Å². The molecule has 1 atom stereocenters. The number of thiocarbonyl (C=S) groups is 1. The lowest BCUT2D eigenvalue weighted by atomic mass is 9.86. The highest BCUT2D eigenvalue weighted by atomic mass is 32.1. The Kier molecular flexibility index (Phi) is 5.96. The van der Waals surface area contributed by atoms with Crippen LogP contribution < -0.4 is 10.6 Å². The van der Waals surface area contributed by atoms with Gasteiger partial charge in [0.2, 0.25) is 0 Å². The summed E-state index contributed by atoms with van der Waals surface area (Å²) >= 11 is 5.39. The molecule has 2 rings (SSSR count). The van der Waals surface area contributed by atoms with Crippen molar-refractivity contribution in [2.45, 2.75) is 46.1 Å². The third kappa shape index (κ3) is 5.40. The molecule has 3 nitrogen and oxygen atoms in total. The molecule has 0 unspecified atom stereocenters. The van der Waals surface area contributed by atoms with E-state index in [4.69, 9.17) is 12.2 Å². The van der Waals surface area contributed by atoms with E-state index in [0.29, 0.717) is 10.7 Å². The van der Waals surface area contributed by atoms with Gasteiger partial charge in [-0.25, -0.2) is 0 Å². The Morgan fingerprint density at radius 2 is 1.56 bits per heavy atom. The van der Waals surface area contributed by atoms with Gasteiger partial charge >= 0.3 is 0 Å². The van der Waals surface area contributed by atoms with E-state index in [1.807, 2.05) is 12.1 Å². The van der Waals surface area contributed by atoms with Gasteiger partial charge in [0.15, 0.2) is 10.9 Å². The Balaban J connectivity index is 1.96.